The first-order valence-electron chi connectivity index (χ1n) is 10.2. The fraction of sp³-hybridized carbons (Fsp3) is 0.222. The van der Waals surface area contributed by atoms with E-state index in [9.17, 15) is 8.78 Å². The highest BCUT2D eigenvalue weighted by molar-refractivity contribution is 8.03. The minimum atomic E-state index is -0.780. The molecular weight excluding hydrogens is 408 g/mol. The lowest BCUT2D eigenvalue weighted by molar-refractivity contribution is 0.473. The summed E-state index contributed by atoms with van der Waals surface area (Å²) in [6, 6.07) is 18.7. The lowest BCUT2D eigenvalue weighted by atomic mass is 9.86. The largest absolute Gasteiger partial charge is 0.206 e. The minimum Gasteiger partial charge on any atom is -0.206 e. The van der Waals surface area contributed by atoms with Gasteiger partial charge in [-0.05, 0) is 64.6 Å². The van der Waals surface area contributed by atoms with Crippen LogP contribution in [0.2, 0.25) is 0 Å². The first-order chi connectivity index (χ1) is 14.9. The van der Waals surface area contributed by atoms with Crippen LogP contribution in [0.3, 0.4) is 0 Å². The number of hydrogen-bond acceptors (Lipinski definition) is 2. The van der Waals surface area contributed by atoms with Crippen molar-refractivity contribution in [1.29, 1.82) is 5.26 Å². The summed E-state index contributed by atoms with van der Waals surface area (Å²) in [7, 11) is 0. The number of hydrogen-bond donors (Lipinski definition) is 0. The second-order valence-electron chi connectivity index (χ2n) is 7.59. The third-order valence-corrected chi connectivity index (χ3v) is 6.33. The van der Waals surface area contributed by atoms with Gasteiger partial charge < -0.3 is 0 Å². The molecule has 0 fully saturated rings. The van der Waals surface area contributed by atoms with Crippen molar-refractivity contribution < 1.29 is 8.78 Å². The molecule has 0 saturated heterocycles. The van der Waals surface area contributed by atoms with Crippen LogP contribution in [0, 0.1) is 40.1 Å². The highest BCUT2D eigenvalue weighted by atomic mass is 32.2. The summed E-state index contributed by atoms with van der Waals surface area (Å²) < 4.78 is 27.9. The molecule has 0 aromatic heterocycles. The van der Waals surface area contributed by atoms with Gasteiger partial charge in [0.05, 0.1) is 4.90 Å². The molecule has 2 atom stereocenters. The van der Waals surface area contributed by atoms with E-state index in [1.165, 1.54) is 5.56 Å². The molecule has 0 aliphatic rings. The smallest absolute Gasteiger partial charge is 0.142 e. The molecule has 0 radical (unpaired) electrons. The number of thioether (sulfide) groups is 1. The molecule has 2 unspecified atom stereocenters. The Kier molecular flexibility index (Phi) is 7.50. The fourth-order valence-electron chi connectivity index (χ4n) is 3.33. The lowest BCUT2D eigenvalue weighted by Crippen LogP contribution is -2.04. The van der Waals surface area contributed by atoms with Crippen LogP contribution in [0.4, 0.5) is 8.78 Å². The molecular formula is C27H23F2NS. The Morgan fingerprint density at radius 3 is 1.87 bits per heavy atom. The van der Waals surface area contributed by atoms with Crippen LogP contribution in [0.1, 0.15) is 49.8 Å². The number of nitrogens with zero attached hydrogens (tertiary/aromatic N) is 1. The molecule has 0 heterocycles. The molecule has 0 N–H and O–H groups in total. The van der Waals surface area contributed by atoms with Crippen molar-refractivity contribution in [3.63, 3.8) is 0 Å². The Bertz CT molecular complexity index is 1130. The average Bonchev–Trinajstić information content (AvgIpc) is 2.79. The van der Waals surface area contributed by atoms with E-state index in [0.29, 0.717) is 23.6 Å². The molecule has 0 aliphatic heterocycles. The van der Waals surface area contributed by atoms with Crippen LogP contribution in [-0.2, 0) is 0 Å². The van der Waals surface area contributed by atoms with Crippen LogP contribution in [0.5, 0.6) is 0 Å². The summed E-state index contributed by atoms with van der Waals surface area (Å²) in [6.45, 7) is 6.76. The van der Waals surface area contributed by atoms with E-state index in [-0.39, 0.29) is 10.5 Å². The number of benzene rings is 3. The van der Waals surface area contributed by atoms with E-state index in [2.05, 4.69) is 56.9 Å². The molecule has 0 spiro atoms. The second kappa shape index (κ2) is 10.3. The van der Waals surface area contributed by atoms with Gasteiger partial charge in [-0.1, -0.05) is 75.4 Å². The molecule has 4 heteroatoms. The Labute approximate surface area is 187 Å². The Morgan fingerprint density at radius 1 is 0.839 bits per heavy atom. The molecule has 3 aromatic carbocycles. The quantitative estimate of drug-likeness (QED) is 0.234. The Morgan fingerprint density at radius 2 is 1.35 bits per heavy atom. The topological polar surface area (TPSA) is 23.8 Å². The molecule has 0 bridgehead atoms. The maximum absolute atomic E-state index is 13.9. The Hall–Kier alpha value is -3.08. The molecule has 31 heavy (non-hydrogen) atoms. The minimum absolute atomic E-state index is 0.229. The fourth-order valence-corrected chi connectivity index (χ4v) is 3.73. The van der Waals surface area contributed by atoms with E-state index < -0.39 is 11.6 Å². The van der Waals surface area contributed by atoms with Crippen molar-refractivity contribution in [2.24, 2.45) is 5.92 Å². The number of nitriles is 1. The van der Waals surface area contributed by atoms with Crippen LogP contribution in [0.15, 0.2) is 65.6 Å². The summed E-state index contributed by atoms with van der Waals surface area (Å²) in [5.41, 5.74) is 4.55. The van der Waals surface area contributed by atoms with E-state index >= 15 is 0 Å². The monoisotopic (exact) mass is 431 g/mol. The highest BCUT2D eigenvalue weighted by Gasteiger charge is 2.13. The molecule has 1 nitrogen and oxygen atoms in total. The van der Waals surface area contributed by atoms with E-state index in [1.54, 1.807) is 5.40 Å². The van der Waals surface area contributed by atoms with Crippen molar-refractivity contribution in [2.45, 2.75) is 38.0 Å². The van der Waals surface area contributed by atoms with Gasteiger partial charge in [-0.2, -0.15) is 5.26 Å². The molecule has 0 amide bonds. The van der Waals surface area contributed by atoms with Gasteiger partial charge in [0.15, 0.2) is 0 Å². The predicted molar refractivity (Wildman–Crippen MR) is 124 cm³/mol. The SMILES string of the molecule is CCC(C)C(C)c1ccc(-c2ccc(C#Cc3cc(F)c(SC#N)c(F)c3)cc2)cc1. The van der Waals surface area contributed by atoms with E-state index in [0.717, 1.165) is 35.2 Å². The van der Waals surface area contributed by atoms with Crippen LogP contribution in [-0.4, -0.2) is 0 Å². The first-order valence-corrected chi connectivity index (χ1v) is 11.0. The highest BCUT2D eigenvalue weighted by Crippen LogP contribution is 2.29. The second-order valence-corrected chi connectivity index (χ2v) is 8.38. The molecule has 0 aliphatic carbocycles. The van der Waals surface area contributed by atoms with Crippen LogP contribution >= 0.6 is 11.8 Å². The molecule has 156 valence electrons. The zero-order valence-electron chi connectivity index (χ0n) is 17.7. The summed E-state index contributed by atoms with van der Waals surface area (Å²) in [5.74, 6) is 5.33. The van der Waals surface area contributed by atoms with Gasteiger partial charge >= 0.3 is 0 Å². The normalized spacial score (nSPS) is 12.4. The van der Waals surface area contributed by atoms with Gasteiger partial charge in [0.25, 0.3) is 0 Å². The third-order valence-electron chi connectivity index (χ3n) is 5.65. The predicted octanol–water partition coefficient (Wildman–Crippen LogP) is 7.75. The van der Waals surface area contributed by atoms with Gasteiger partial charge in [0, 0.05) is 11.1 Å². The van der Waals surface area contributed by atoms with Crippen molar-refractivity contribution >= 4 is 11.8 Å². The van der Waals surface area contributed by atoms with Crippen molar-refractivity contribution in [3.8, 4) is 28.4 Å². The van der Waals surface area contributed by atoms with E-state index in [1.807, 2.05) is 24.3 Å². The average molecular weight is 432 g/mol. The first kappa shape index (κ1) is 22.6. The van der Waals surface area contributed by atoms with Crippen molar-refractivity contribution in [3.05, 3.63) is 89.0 Å². The van der Waals surface area contributed by atoms with Gasteiger partial charge in [0.1, 0.15) is 17.0 Å². The molecule has 3 rings (SSSR count). The van der Waals surface area contributed by atoms with Crippen LogP contribution < -0.4 is 0 Å². The van der Waals surface area contributed by atoms with Crippen molar-refractivity contribution in [2.75, 3.05) is 0 Å². The summed E-state index contributed by atoms with van der Waals surface area (Å²) in [5, 5.41) is 10.3. The van der Waals surface area contributed by atoms with Crippen molar-refractivity contribution in [1.82, 2.24) is 0 Å². The Balaban J connectivity index is 1.75. The summed E-state index contributed by atoms with van der Waals surface area (Å²) >= 11 is 0.463. The van der Waals surface area contributed by atoms with Gasteiger partial charge in [0.2, 0.25) is 0 Å². The van der Waals surface area contributed by atoms with Gasteiger partial charge in [-0.15, -0.1) is 0 Å². The number of halogens is 2. The molecule has 3 aromatic rings. The van der Waals surface area contributed by atoms with Gasteiger partial charge in [-0.25, -0.2) is 8.78 Å². The maximum Gasteiger partial charge on any atom is 0.142 e. The van der Waals surface area contributed by atoms with Crippen LogP contribution in [0.25, 0.3) is 11.1 Å². The third kappa shape index (κ3) is 5.54. The standard InChI is InChI=1S/C27H23F2NS/c1-4-18(2)19(3)22-11-13-24(14-12-22)23-9-7-20(8-10-23)5-6-21-15-25(28)27(31-17-30)26(29)16-21/h7-16,18-19H,4H2,1-3H3. The maximum atomic E-state index is 13.9. The zero-order chi connectivity index (χ0) is 22.4. The lowest BCUT2D eigenvalue weighted by Gasteiger charge is -2.19. The molecule has 0 saturated carbocycles. The summed E-state index contributed by atoms with van der Waals surface area (Å²) in [4.78, 5) is -0.304. The zero-order valence-corrected chi connectivity index (χ0v) is 18.6. The summed E-state index contributed by atoms with van der Waals surface area (Å²) in [6.07, 6.45) is 1.16. The van der Waals surface area contributed by atoms with E-state index in [4.69, 9.17) is 5.26 Å². The number of thiocyanates is 1. The number of rotatable bonds is 5. The van der Waals surface area contributed by atoms with Gasteiger partial charge in [-0.3, -0.25) is 0 Å².